The Morgan fingerprint density at radius 3 is 2.86 bits per heavy atom. The molecular weight excluding hydrogens is 382 g/mol. The summed E-state index contributed by atoms with van der Waals surface area (Å²) >= 11 is 1.73. The average molecular weight is 412 g/mol. The molecule has 2 aromatic heterocycles. The molecule has 3 heterocycles. The van der Waals surface area contributed by atoms with E-state index in [9.17, 15) is 4.79 Å². The first-order valence-electron chi connectivity index (χ1n) is 10.1. The highest BCUT2D eigenvalue weighted by Gasteiger charge is 2.19. The van der Waals surface area contributed by atoms with Gasteiger partial charge in [-0.1, -0.05) is 38.2 Å². The Hall–Kier alpha value is -2.38. The summed E-state index contributed by atoms with van der Waals surface area (Å²) in [6.07, 6.45) is 12.3. The number of hydrogen-bond donors (Lipinski definition) is 1. The van der Waals surface area contributed by atoms with Crippen molar-refractivity contribution in [3.63, 3.8) is 0 Å². The zero-order valence-electron chi connectivity index (χ0n) is 17.4. The monoisotopic (exact) mass is 411 g/mol. The number of H-pyrrole nitrogens is 1. The SMILES string of the molecule is C/C=C1/CN(Cc2cc(=O)n3[nH]c(/C=C/C=C\SCC)nc3n2)CC/C1=C/CC. The highest BCUT2D eigenvalue weighted by Crippen LogP contribution is 2.23. The first kappa shape index (κ1) is 21.3. The summed E-state index contributed by atoms with van der Waals surface area (Å²) in [7, 11) is 0. The van der Waals surface area contributed by atoms with E-state index in [1.165, 1.54) is 15.7 Å². The molecule has 2 aromatic rings. The molecule has 29 heavy (non-hydrogen) atoms. The van der Waals surface area contributed by atoms with Crippen LogP contribution in [0.3, 0.4) is 0 Å². The van der Waals surface area contributed by atoms with Crippen molar-refractivity contribution in [2.45, 2.75) is 40.2 Å². The molecule has 0 radical (unpaired) electrons. The summed E-state index contributed by atoms with van der Waals surface area (Å²) in [4.78, 5) is 23.9. The quantitative estimate of drug-likeness (QED) is 0.692. The van der Waals surface area contributed by atoms with Crippen LogP contribution in [-0.4, -0.2) is 43.3 Å². The molecule has 0 spiro atoms. The van der Waals surface area contributed by atoms with Crippen molar-refractivity contribution in [2.75, 3.05) is 18.8 Å². The van der Waals surface area contributed by atoms with Gasteiger partial charge in [0, 0.05) is 25.7 Å². The van der Waals surface area contributed by atoms with Crippen molar-refractivity contribution in [1.82, 2.24) is 24.5 Å². The number of hydrogen-bond acceptors (Lipinski definition) is 5. The number of aromatic nitrogens is 4. The van der Waals surface area contributed by atoms with E-state index in [-0.39, 0.29) is 5.56 Å². The van der Waals surface area contributed by atoms with Gasteiger partial charge in [0.05, 0.1) is 5.69 Å². The number of thioether (sulfide) groups is 1. The molecule has 0 unspecified atom stereocenters. The second kappa shape index (κ2) is 10.4. The molecule has 6 nitrogen and oxygen atoms in total. The molecule has 0 atom stereocenters. The van der Waals surface area contributed by atoms with E-state index in [1.54, 1.807) is 17.8 Å². The topological polar surface area (TPSA) is 66.3 Å². The number of nitrogens with zero attached hydrogens (tertiary/aromatic N) is 4. The van der Waals surface area contributed by atoms with Gasteiger partial charge in [-0.15, -0.1) is 11.8 Å². The van der Waals surface area contributed by atoms with E-state index >= 15 is 0 Å². The molecule has 1 saturated heterocycles. The standard InChI is InChI=1S/C22H29N5OS/c1-4-9-18-11-12-26(15-17(18)5-2)16-19-14-21(28)27-22(23-19)24-20(25-27)10-7-8-13-29-6-3/h5,7-10,13-14H,4,6,11-12,15-16H2,1-3H3,(H,23,24,25)/b10-7+,13-8-,17-5-,18-9-. The molecule has 0 amide bonds. The largest absolute Gasteiger partial charge is 0.293 e. The van der Waals surface area contributed by atoms with Gasteiger partial charge < -0.3 is 0 Å². The van der Waals surface area contributed by atoms with E-state index in [0.29, 0.717) is 18.1 Å². The van der Waals surface area contributed by atoms with E-state index < -0.39 is 0 Å². The number of likely N-dealkylation sites (tertiary alicyclic amines) is 1. The van der Waals surface area contributed by atoms with Gasteiger partial charge in [0.25, 0.3) is 11.3 Å². The Kier molecular flexibility index (Phi) is 7.66. The zero-order chi connectivity index (χ0) is 20.6. The minimum atomic E-state index is -0.135. The summed E-state index contributed by atoms with van der Waals surface area (Å²) in [6, 6.07) is 1.60. The lowest BCUT2D eigenvalue weighted by Crippen LogP contribution is -2.32. The normalized spacial score (nSPS) is 18.9. The van der Waals surface area contributed by atoms with Crippen LogP contribution in [0.2, 0.25) is 0 Å². The average Bonchev–Trinajstić information content (AvgIpc) is 3.12. The van der Waals surface area contributed by atoms with Crippen molar-refractivity contribution in [2.24, 2.45) is 0 Å². The van der Waals surface area contributed by atoms with Crippen molar-refractivity contribution in [1.29, 1.82) is 0 Å². The molecular formula is C22H29N5OS. The van der Waals surface area contributed by atoms with Gasteiger partial charge in [0.15, 0.2) is 0 Å². The maximum absolute atomic E-state index is 12.5. The highest BCUT2D eigenvalue weighted by molar-refractivity contribution is 8.02. The molecule has 1 aliphatic rings. The van der Waals surface area contributed by atoms with E-state index in [0.717, 1.165) is 37.4 Å². The molecule has 0 bridgehead atoms. The predicted molar refractivity (Wildman–Crippen MR) is 122 cm³/mol. The van der Waals surface area contributed by atoms with Gasteiger partial charge >= 0.3 is 0 Å². The third kappa shape index (κ3) is 5.58. The van der Waals surface area contributed by atoms with Crippen LogP contribution in [0.5, 0.6) is 0 Å². The summed E-state index contributed by atoms with van der Waals surface area (Å²) in [5.41, 5.74) is 3.45. The third-order valence-electron chi connectivity index (χ3n) is 4.80. The van der Waals surface area contributed by atoms with Crippen molar-refractivity contribution < 1.29 is 0 Å². The van der Waals surface area contributed by atoms with Crippen LogP contribution in [0.1, 0.15) is 45.1 Å². The first-order valence-corrected chi connectivity index (χ1v) is 11.2. The van der Waals surface area contributed by atoms with Crippen LogP contribution in [0.15, 0.2) is 51.7 Å². The Morgan fingerprint density at radius 2 is 2.10 bits per heavy atom. The number of rotatable bonds is 7. The van der Waals surface area contributed by atoms with Crippen LogP contribution in [0.25, 0.3) is 11.9 Å². The molecule has 1 fully saturated rings. The fourth-order valence-electron chi connectivity index (χ4n) is 3.42. The van der Waals surface area contributed by atoms with Crippen molar-refractivity contribution in [3.8, 4) is 0 Å². The number of nitrogens with one attached hydrogen (secondary N) is 1. The van der Waals surface area contributed by atoms with Crippen LogP contribution in [0.4, 0.5) is 0 Å². The molecule has 0 aliphatic carbocycles. The molecule has 0 aromatic carbocycles. The van der Waals surface area contributed by atoms with Crippen molar-refractivity contribution in [3.05, 3.63) is 68.8 Å². The summed E-state index contributed by atoms with van der Waals surface area (Å²) < 4.78 is 1.39. The van der Waals surface area contributed by atoms with Crippen LogP contribution in [-0.2, 0) is 6.54 Å². The maximum Gasteiger partial charge on any atom is 0.274 e. The minimum Gasteiger partial charge on any atom is -0.293 e. The van der Waals surface area contributed by atoms with Crippen LogP contribution >= 0.6 is 11.8 Å². The molecule has 7 heteroatoms. The second-order valence-electron chi connectivity index (χ2n) is 6.89. The summed E-state index contributed by atoms with van der Waals surface area (Å²) in [6.45, 7) is 8.89. The second-order valence-corrected chi connectivity index (χ2v) is 8.07. The fraction of sp³-hybridized carbons (Fsp3) is 0.409. The molecule has 0 saturated carbocycles. The third-order valence-corrected chi connectivity index (χ3v) is 5.48. The van der Waals surface area contributed by atoms with Gasteiger partial charge in [-0.25, -0.2) is 4.98 Å². The Bertz CT molecular complexity index is 1010. The van der Waals surface area contributed by atoms with Gasteiger partial charge in [0.1, 0.15) is 5.82 Å². The van der Waals surface area contributed by atoms with Gasteiger partial charge in [0.2, 0.25) is 0 Å². The maximum atomic E-state index is 12.5. The van der Waals surface area contributed by atoms with Crippen LogP contribution < -0.4 is 5.56 Å². The lowest BCUT2D eigenvalue weighted by atomic mass is 9.96. The van der Waals surface area contributed by atoms with E-state index in [4.69, 9.17) is 0 Å². The number of aromatic amines is 1. The van der Waals surface area contributed by atoms with Gasteiger partial charge in [-0.05, 0) is 48.1 Å². The highest BCUT2D eigenvalue weighted by atomic mass is 32.2. The van der Waals surface area contributed by atoms with Gasteiger partial charge in [-0.2, -0.15) is 9.50 Å². The van der Waals surface area contributed by atoms with E-state index in [1.807, 2.05) is 23.6 Å². The Morgan fingerprint density at radius 1 is 1.24 bits per heavy atom. The fourth-order valence-corrected chi connectivity index (χ4v) is 3.82. The Balaban J connectivity index is 1.74. The lowest BCUT2D eigenvalue weighted by Gasteiger charge is -2.30. The zero-order valence-corrected chi connectivity index (χ0v) is 18.2. The van der Waals surface area contributed by atoms with Crippen molar-refractivity contribution >= 4 is 23.6 Å². The molecule has 1 aliphatic heterocycles. The molecule has 3 rings (SSSR count). The van der Waals surface area contributed by atoms with Gasteiger partial charge in [-0.3, -0.25) is 14.8 Å². The predicted octanol–water partition coefficient (Wildman–Crippen LogP) is 4.19. The summed E-state index contributed by atoms with van der Waals surface area (Å²) in [5, 5.41) is 5.02. The molecule has 154 valence electrons. The first-order chi connectivity index (χ1) is 14.1. The number of fused-ring (bicyclic) bond motifs is 1. The minimum absolute atomic E-state index is 0.135. The Labute approximate surface area is 176 Å². The summed E-state index contributed by atoms with van der Waals surface area (Å²) in [5.74, 6) is 2.06. The number of allylic oxidation sites excluding steroid dienone is 4. The molecule has 1 N–H and O–H groups in total. The smallest absolute Gasteiger partial charge is 0.274 e. The number of piperidine rings is 1. The van der Waals surface area contributed by atoms with E-state index in [2.05, 4.69) is 52.9 Å². The van der Waals surface area contributed by atoms with Crippen LogP contribution in [0, 0.1) is 0 Å². The lowest BCUT2D eigenvalue weighted by molar-refractivity contribution is 0.273.